The second-order valence-electron chi connectivity index (χ2n) is 7.31. The highest BCUT2D eigenvalue weighted by molar-refractivity contribution is 5.74. The standard InChI is InChI=1S/C20H26N6O/c1-13-11-21-25(4)19(13)15-5-7-16(8-6-15)22-20-17-12-26(14(2)27)10-9-18(17)24(3)23-20/h5-8,21H,9-12H2,1-4H3,(H,22,23). The largest absolute Gasteiger partial charge is 0.338 e. The van der Waals surface area contributed by atoms with Crippen LogP contribution in [0.2, 0.25) is 0 Å². The molecule has 1 aromatic carbocycles. The van der Waals surface area contributed by atoms with Gasteiger partial charge >= 0.3 is 0 Å². The lowest BCUT2D eigenvalue weighted by Gasteiger charge is -2.26. The monoisotopic (exact) mass is 366 g/mol. The minimum absolute atomic E-state index is 0.109. The first kappa shape index (κ1) is 17.6. The van der Waals surface area contributed by atoms with Crippen molar-refractivity contribution in [1.29, 1.82) is 0 Å². The van der Waals surface area contributed by atoms with Crippen LogP contribution in [0.25, 0.3) is 5.70 Å². The van der Waals surface area contributed by atoms with E-state index in [9.17, 15) is 4.79 Å². The molecule has 1 amide bonds. The summed E-state index contributed by atoms with van der Waals surface area (Å²) in [5, 5.41) is 10.2. The first-order chi connectivity index (χ1) is 12.9. The fourth-order valence-corrected chi connectivity index (χ4v) is 3.94. The van der Waals surface area contributed by atoms with Gasteiger partial charge in [0.2, 0.25) is 5.91 Å². The van der Waals surface area contributed by atoms with Crippen LogP contribution in [0.5, 0.6) is 0 Å². The van der Waals surface area contributed by atoms with E-state index in [0.717, 1.165) is 36.6 Å². The van der Waals surface area contributed by atoms with Crippen molar-refractivity contribution < 1.29 is 4.79 Å². The molecular weight excluding hydrogens is 340 g/mol. The number of carbonyl (C=O) groups excluding carboxylic acids is 1. The smallest absolute Gasteiger partial charge is 0.219 e. The molecule has 0 aliphatic carbocycles. The van der Waals surface area contributed by atoms with Gasteiger partial charge in [0.1, 0.15) is 0 Å². The number of hydrazine groups is 1. The van der Waals surface area contributed by atoms with Crippen LogP contribution >= 0.6 is 0 Å². The fourth-order valence-electron chi connectivity index (χ4n) is 3.94. The minimum atomic E-state index is 0.109. The van der Waals surface area contributed by atoms with E-state index in [-0.39, 0.29) is 5.91 Å². The molecule has 0 radical (unpaired) electrons. The molecule has 1 aromatic heterocycles. The van der Waals surface area contributed by atoms with E-state index in [0.29, 0.717) is 6.54 Å². The van der Waals surface area contributed by atoms with Crippen LogP contribution in [0.15, 0.2) is 29.8 Å². The predicted octanol–water partition coefficient (Wildman–Crippen LogP) is 2.25. The summed E-state index contributed by atoms with van der Waals surface area (Å²) in [6.07, 6.45) is 0.839. The first-order valence-electron chi connectivity index (χ1n) is 9.28. The van der Waals surface area contributed by atoms with Crippen LogP contribution in [0.1, 0.15) is 30.7 Å². The summed E-state index contributed by atoms with van der Waals surface area (Å²) in [5.41, 5.74) is 10.4. The molecule has 142 valence electrons. The summed E-state index contributed by atoms with van der Waals surface area (Å²) in [5.74, 6) is 0.944. The highest BCUT2D eigenvalue weighted by Gasteiger charge is 2.25. The van der Waals surface area contributed by atoms with E-state index in [1.165, 1.54) is 22.5 Å². The van der Waals surface area contributed by atoms with Crippen molar-refractivity contribution in [2.45, 2.75) is 26.8 Å². The second-order valence-corrected chi connectivity index (χ2v) is 7.31. The molecule has 0 atom stereocenters. The molecule has 3 heterocycles. The lowest BCUT2D eigenvalue weighted by atomic mass is 10.1. The van der Waals surface area contributed by atoms with Gasteiger partial charge in [-0.2, -0.15) is 5.10 Å². The van der Waals surface area contributed by atoms with Gasteiger partial charge in [0, 0.05) is 57.5 Å². The van der Waals surface area contributed by atoms with Crippen LogP contribution < -0.4 is 10.7 Å². The van der Waals surface area contributed by atoms with Crippen molar-refractivity contribution in [1.82, 2.24) is 25.1 Å². The van der Waals surface area contributed by atoms with Crippen molar-refractivity contribution in [2.24, 2.45) is 7.05 Å². The van der Waals surface area contributed by atoms with E-state index >= 15 is 0 Å². The first-order valence-corrected chi connectivity index (χ1v) is 9.28. The maximum absolute atomic E-state index is 11.8. The third-order valence-corrected chi connectivity index (χ3v) is 5.43. The molecule has 0 saturated carbocycles. The number of fused-ring (bicyclic) bond motifs is 1. The Kier molecular flexibility index (Phi) is 4.39. The zero-order chi connectivity index (χ0) is 19.1. The minimum Gasteiger partial charge on any atom is -0.338 e. The molecule has 2 aromatic rings. The molecule has 2 aliphatic rings. The Hall–Kier alpha value is -2.80. The molecule has 2 N–H and O–H groups in total. The van der Waals surface area contributed by atoms with E-state index in [4.69, 9.17) is 0 Å². The van der Waals surface area contributed by atoms with Gasteiger partial charge in [0.15, 0.2) is 5.82 Å². The molecule has 7 heteroatoms. The number of rotatable bonds is 3. The normalized spacial score (nSPS) is 16.7. The Bertz CT molecular complexity index is 911. The summed E-state index contributed by atoms with van der Waals surface area (Å²) >= 11 is 0. The summed E-state index contributed by atoms with van der Waals surface area (Å²) in [6, 6.07) is 8.41. The highest BCUT2D eigenvalue weighted by Crippen LogP contribution is 2.30. The number of hydrogen-bond donors (Lipinski definition) is 2. The third-order valence-electron chi connectivity index (χ3n) is 5.43. The van der Waals surface area contributed by atoms with Crippen LogP contribution in [0.4, 0.5) is 11.5 Å². The number of nitrogens with one attached hydrogen (secondary N) is 2. The number of hydrogen-bond acceptors (Lipinski definition) is 5. The van der Waals surface area contributed by atoms with Gasteiger partial charge in [-0.15, -0.1) is 0 Å². The molecular formula is C20H26N6O. The number of aromatic nitrogens is 2. The zero-order valence-electron chi connectivity index (χ0n) is 16.3. The van der Waals surface area contributed by atoms with Crippen LogP contribution in [0.3, 0.4) is 0 Å². The molecule has 4 rings (SSSR count). The Labute approximate surface area is 159 Å². The van der Waals surface area contributed by atoms with Crippen molar-refractivity contribution in [3.8, 4) is 0 Å². The molecule has 0 saturated heterocycles. The second kappa shape index (κ2) is 6.74. The van der Waals surface area contributed by atoms with Crippen molar-refractivity contribution in [2.75, 3.05) is 25.5 Å². The van der Waals surface area contributed by atoms with Gasteiger partial charge in [0.05, 0.1) is 12.2 Å². The average molecular weight is 366 g/mol. The Morgan fingerprint density at radius 1 is 1.22 bits per heavy atom. The molecule has 7 nitrogen and oxygen atoms in total. The number of amides is 1. The van der Waals surface area contributed by atoms with E-state index in [1.54, 1.807) is 6.92 Å². The number of benzene rings is 1. The van der Waals surface area contributed by atoms with Gasteiger partial charge in [-0.05, 0) is 30.2 Å². The van der Waals surface area contributed by atoms with Gasteiger partial charge in [0.25, 0.3) is 0 Å². The number of carbonyl (C=O) groups is 1. The maximum atomic E-state index is 11.8. The summed E-state index contributed by atoms with van der Waals surface area (Å²) in [6.45, 7) is 6.03. The molecule has 0 unspecified atom stereocenters. The lowest BCUT2D eigenvalue weighted by molar-refractivity contribution is -0.129. The number of nitrogens with zero attached hydrogens (tertiary/aromatic N) is 4. The Balaban J connectivity index is 1.57. The third kappa shape index (κ3) is 3.19. The number of aryl methyl sites for hydroxylation is 1. The van der Waals surface area contributed by atoms with Crippen LogP contribution in [0, 0.1) is 0 Å². The van der Waals surface area contributed by atoms with Crippen LogP contribution in [-0.4, -0.2) is 45.7 Å². The zero-order valence-corrected chi connectivity index (χ0v) is 16.3. The van der Waals surface area contributed by atoms with Crippen molar-refractivity contribution in [3.05, 3.63) is 46.7 Å². The van der Waals surface area contributed by atoms with E-state index < -0.39 is 0 Å². The molecule has 0 spiro atoms. The summed E-state index contributed by atoms with van der Waals surface area (Å²) in [7, 11) is 4.01. The Morgan fingerprint density at radius 2 is 1.96 bits per heavy atom. The van der Waals surface area contributed by atoms with Gasteiger partial charge in [-0.25, -0.2) is 5.43 Å². The quantitative estimate of drug-likeness (QED) is 0.872. The summed E-state index contributed by atoms with van der Waals surface area (Å²) < 4.78 is 1.93. The lowest BCUT2D eigenvalue weighted by Crippen LogP contribution is -2.34. The van der Waals surface area contributed by atoms with Crippen molar-refractivity contribution in [3.63, 3.8) is 0 Å². The molecule has 0 bridgehead atoms. The van der Waals surface area contributed by atoms with Gasteiger partial charge in [-0.3, -0.25) is 9.48 Å². The van der Waals surface area contributed by atoms with Crippen LogP contribution in [-0.2, 0) is 24.8 Å². The molecule has 0 fully saturated rings. The number of anilines is 2. The van der Waals surface area contributed by atoms with Gasteiger partial charge < -0.3 is 15.2 Å². The Morgan fingerprint density at radius 3 is 2.59 bits per heavy atom. The fraction of sp³-hybridized carbons (Fsp3) is 0.400. The van der Waals surface area contributed by atoms with Gasteiger partial charge in [-0.1, -0.05) is 12.1 Å². The average Bonchev–Trinajstić information content (AvgIpc) is 3.15. The van der Waals surface area contributed by atoms with E-state index in [2.05, 4.69) is 52.0 Å². The highest BCUT2D eigenvalue weighted by atomic mass is 16.2. The maximum Gasteiger partial charge on any atom is 0.219 e. The molecule has 2 aliphatic heterocycles. The topological polar surface area (TPSA) is 65.4 Å². The van der Waals surface area contributed by atoms with E-state index in [1.807, 2.05) is 23.7 Å². The van der Waals surface area contributed by atoms with Crippen molar-refractivity contribution >= 4 is 23.1 Å². The summed E-state index contributed by atoms with van der Waals surface area (Å²) in [4.78, 5) is 13.6. The predicted molar refractivity (Wildman–Crippen MR) is 106 cm³/mol. The molecule has 27 heavy (non-hydrogen) atoms. The SMILES string of the molecule is CC(=O)N1CCc2c(c(Nc3ccc(C4=C(C)CNN4C)cc3)nn2C)C1.